The van der Waals surface area contributed by atoms with Crippen molar-refractivity contribution in [1.82, 2.24) is 10.2 Å². The highest BCUT2D eigenvalue weighted by Gasteiger charge is 2.46. The number of amidine groups is 1. The highest BCUT2D eigenvalue weighted by Crippen LogP contribution is 2.28. The number of para-hydroxylation sites is 1. The summed E-state index contributed by atoms with van der Waals surface area (Å²) in [7, 11) is 1.40. The van der Waals surface area contributed by atoms with Gasteiger partial charge in [-0.1, -0.05) is 18.2 Å². The molecule has 0 radical (unpaired) electrons. The molecule has 1 heterocycles. The first-order chi connectivity index (χ1) is 12.9. The summed E-state index contributed by atoms with van der Waals surface area (Å²) < 4.78 is 0. The molecule has 10 heteroatoms. The van der Waals surface area contributed by atoms with E-state index in [1.807, 2.05) is 0 Å². The van der Waals surface area contributed by atoms with E-state index < -0.39 is 28.0 Å². The Morgan fingerprint density at radius 2 is 1.67 bits per heavy atom. The van der Waals surface area contributed by atoms with E-state index in [1.54, 1.807) is 30.3 Å². The molecule has 0 bridgehead atoms. The summed E-state index contributed by atoms with van der Waals surface area (Å²) in [6, 6.07) is 11.0. The molecule has 2 aromatic rings. The number of non-ortho nitro benzene ring substituents is 1. The normalized spacial score (nSPS) is 21.0. The molecule has 1 N–H and O–H groups in total. The Morgan fingerprint density at radius 3 is 2.22 bits per heavy atom. The molecule has 27 heavy (non-hydrogen) atoms. The highest BCUT2D eigenvalue weighted by molar-refractivity contribution is 6.03. The van der Waals surface area contributed by atoms with Gasteiger partial charge in [0.15, 0.2) is 5.84 Å². The first-order valence-electron chi connectivity index (χ1n) is 7.94. The number of nitro groups is 2. The van der Waals surface area contributed by atoms with Gasteiger partial charge >= 0.3 is 6.03 Å². The van der Waals surface area contributed by atoms with Crippen LogP contribution in [0.2, 0.25) is 0 Å². The summed E-state index contributed by atoms with van der Waals surface area (Å²) in [4.78, 5) is 39.3. The number of amides is 2. The van der Waals surface area contributed by atoms with Crippen LogP contribution in [0.25, 0.3) is 0 Å². The number of carbonyl (C=O) groups excluding carboxylic acids is 1. The van der Waals surface area contributed by atoms with Crippen molar-refractivity contribution in [3.05, 3.63) is 80.4 Å². The molecule has 0 unspecified atom stereocenters. The number of nitro benzene ring substituents is 1. The number of hydrogen-bond acceptors (Lipinski definition) is 6. The molecule has 2 aromatic carbocycles. The zero-order valence-electron chi connectivity index (χ0n) is 14.2. The fourth-order valence-electron chi connectivity index (χ4n) is 2.82. The van der Waals surface area contributed by atoms with Crippen molar-refractivity contribution in [3.63, 3.8) is 0 Å². The first kappa shape index (κ1) is 18.0. The minimum atomic E-state index is -1.35. The maximum Gasteiger partial charge on any atom is 0.323 e. The van der Waals surface area contributed by atoms with Crippen molar-refractivity contribution in [2.45, 2.75) is 12.1 Å². The van der Waals surface area contributed by atoms with Crippen molar-refractivity contribution in [3.8, 4) is 0 Å². The molecule has 138 valence electrons. The molecule has 0 saturated carbocycles. The van der Waals surface area contributed by atoms with Crippen LogP contribution in [-0.2, 0) is 0 Å². The van der Waals surface area contributed by atoms with Crippen LogP contribution in [0.4, 0.5) is 16.2 Å². The SMILES string of the molecule is CN1C(=O)N[C@H](c2ccc([N+](=O)[O-])cc2)[C@H]([N+](=O)[O-])C1=Nc1ccccc1. The minimum Gasteiger partial charge on any atom is -0.323 e. The van der Waals surface area contributed by atoms with E-state index in [2.05, 4.69) is 10.3 Å². The van der Waals surface area contributed by atoms with Crippen LogP contribution in [-0.4, -0.2) is 39.7 Å². The predicted molar refractivity (Wildman–Crippen MR) is 96.5 cm³/mol. The van der Waals surface area contributed by atoms with E-state index in [0.717, 1.165) is 4.90 Å². The molecular formula is C17H15N5O5. The van der Waals surface area contributed by atoms with Gasteiger partial charge in [-0.15, -0.1) is 0 Å². The Kier molecular flexibility index (Phi) is 4.79. The number of carbonyl (C=O) groups is 1. The second-order valence-electron chi connectivity index (χ2n) is 5.87. The summed E-state index contributed by atoms with van der Waals surface area (Å²) >= 11 is 0. The molecule has 2 amide bonds. The van der Waals surface area contributed by atoms with Crippen molar-refractivity contribution in [1.29, 1.82) is 0 Å². The van der Waals surface area contributed by atoms with Gasteiger partial charge in [-0.3, -0.25) is 25.1 Å². The lowest BCUT2D eigenvalue weighted by Gasteiger charge is -2.33. The molecule has 0 aromatic heterocycles. The lowest BCUT2D eigenvalue weighted by Crippen LogP contribution is -2.59. The Hall–Kier alpha value is -3.82. The zero-order chi connectivity index (χ0) is 19.6. The smallest absolute Gasteiger partial charge is 0.323 e. The molecular weight excluding hydrogens is 354 g/mol. The van der Waals surface area contributed by atoms with Crippen LogP contribution in [0.1, 0.15) is 11.6 Å². The number of likely N-dealkylation sites (N-methyl/N-ethyl adjacent to an activating group) is 1. The van der Waals surface area contributed by atoms with Gasteiger partial charge < -0.3 is 5.32 Å². The van der Waals surface area contributed by atoms with Gasteiger partial charge in [-0.25, -0.2) is 9.79 Å². The van der Waals surface area contributed by atoms with Crippen molar-refractivity contribution in [2.75, 3.05) is 7.05 Å². The quantitative estimate of drug-likeness (QED) is 0.654. The van der Waals surface area contributed by atoms with Gasteiger partial charge in [0.2, 0.25) is 0 Å². The van der Waals surface area contributed by atoms with E-state index in [9.17, 15) is 25.0 Å². The van der Waals surface area contributed by atoms with Crippen LogP contribution >= 0.6 is 0 Å². The third-order valence-corrected chi connectivity index (χ3v) is 4.20. The largest absolute Gasteiger partial charge is 0.323 e. The second kappa shape index (κ2) is 7.20. The summed E-state index contributed by atoms with van der Waals surface area (Å²) in [6.07, 6.45) is 0. The summed E-state index contributed by atoms with van der Waals surface area (Å²) in [5.74, 6) is -0.0155. The van der Waals surface area contributed by atoms with Crippen LogP contribution in [0, 0.1) is 20.2 Å². The van der Waals surface area contributed by atoms with Crippen molar-refractivity contribution in [2.24, 2.45) is 4.99 Å². The van der Waals surface area contributed by atoms with E-state index in [0.29, 0.717) is 11.3 Å². The van der Waals surface area contributed by atoms with Crippen LogP contribution in [0.3, 0.4) is 0 Å². The van der Waals surface area contributed by atoms with Gasteiger partial charge in [0.25, 0.3) is 11.7 Å². The maximum atomic E-state index is 12.3. The van der Waals surface area contributed by atoms with E-state index >= 15 is 0 Å². The maximum absolute atomic E-state index is 12.3. The number of rotatable bonds is 4. The summed E-state index contributed by atoms with van der Waals surface area (Å²) in [5, 5.41) is 25.2. The Bertz CT molecular complexity index is 913. The van der Waals surface area contributed by atoms with Crippen molar-refractivity contribution < 1.29 is 14.6 Å². The van der Waals surface area contributed by atoms with Crippen LogP contribution in [0.15, 0.2) is 59.6 Å². The Morgan fingerprint density at radius 1 is 1.04 bits per heavy atom. The molecule has 1 aliphatic rings. The summed E-state index contributed by atoms with van der Waals surface area (Å²) in [5.41, 5.74) is 0.710. The Balaban J connectivity index is 2.05. The third-order valence-electron chi connectivity index (χ3n) is 4.20. The number of benzene rings is 2. The van der Waals surface area contributed by atoms with Gasteiger partial charge in [0.05, 0.1) is 10.6 Å². The van der Waals surface area contributed by atoms with Gasteiger partial charge in [0.1, 0.15) is 6.04 Å². The highest BCUT2D eigenvalue weighted by atomic mass is 16.6. The fourth-order valence-corrected chi connectivity index (χ4v) is 2.82. The molecule has 2 atom stereocenters. The zero-order valence-corrected chi connectivity index (χ0v) is 14.2. The lowest BCUT2D eigenvalue weighted by atomic mass is 9.96. The van der Waals surface area contributed by atoms with Crippen LogP contribution in [0.5, 0.6) is 0 Å². The predicted octanol–water partition coefficient (Wildman–Crippen LogP) is 2.67. The van der Waals surface area contributed by atoms with Crippen LogP contribution < -0.4 is 5.32 Å². The standard InChI is InChI=1S/C17H15N5O5/c1-20-16(18-12-5-3-2-4-6-12)15(22(26)27)14(19-17(20)23)11-7-9-13(10-8-11)21(24)25/h2-10,14-15H,1H3,(H,19,23)/t14-,15+/m1/s1. The van der Waals surface area contributed by atoms with Gasteiger partial charge in [-0.05, 0) is 29.8 Å². The number of hydrogen-bond donors (Lipinski definition) is 1. The molecule has 0 aliphatic carbocycles. The average molecular weight is 369 g/mol. The molecule has 3 rings (SSSR count). The molecule has 1 aliphatic heterocycles. The van der Waals surface area contributed by atoms with E-state index in [-0.39, 0.29) is 11.5 Å². The topological polar surface area (TPSA) is 131 Å². The molecule has 1 saturated heterocycles. The monoisotopic (exact) mass is 369 g/mol. The lowest BCUT2D eigenvalue weighted by molar-refractivity contribution is -0.509. The minimum absolute atomic E-state index is 0.0155. The van der Waals surface area contributed by atoms with Crippen molar-refractivity contribution >= 4 is 23.2 Å². The molecule has 0 spiro atoms. The number of urea groups is 1. The summed E-state index contributed by atoms with van der Waals surface area (Å²) in [6.45, 7) is 0. The second-order valence-corrected chi connectivity index (χ2v) is 5.87. The Labute approximate surface area is 153 Å². The first-order valence-corrected chi connectivity index (χ1v) is 7.94. The van der Waals surface area contributed by atoms with Gasteiger partial charge in [-0.2, -0.15) is 0 Å². The third kappa shape index (κ3) is 3.59. The average Bonchev–Trinajstić information content (AvgIpc) is 2.66. The number of aliphatic imine (C=N–C) groups is 1. The van der Waals surface area contributed by atoms with E-state index in [1.165, 1.54) is 31.3 Å². The number of nitrogens with zero attached hydrogens (tertiary/aromatic N) is 4. The molecule has 10 nitrogen and oxygen atoms in total. The van der Waals surface area contributed by atoms with E-state index in [4.69, 9.17) is 0 Å². The number of nitrogens with one attached hydrogen (secondary N) is 1. The van der Waals surface area contributed by atoms with Gasteiger partial charge in [0, 0.05) is 24.1 Å². The molecule has 1 fully saturated rings. The fraction of sp³-hybridized carbons (Fsp3) is 0.176.